The first-order valence-electron chi connectivity index (χ1n) is 11.9. The summed E-state index contributed by atoms with van der Waals surface area (Å²) in [5.74, 6) is -0.587. The smallest absolute Gasteiger partial charge is 0.404 e. The van der Waals surface area contributed by atoms with Crippen molar-refractivity contribution >= 4 is 35.3 Å². The third kappa shape index (κ3) is 7.64. The topological polar surface area (TPSA) is 97.0 Å². The van der Waals surface area contributed by atoms with Gasteiger partial charge in [0.25, 0.3) is 5.91 Å². The Morgan fingerprint density at radius 1 is 1.08 bits per heavy atom. The van der Waals surface area contributed by atoms with Crippen LogP contribution in [0.15, 0.2) is 71.7 Å². The van der Waals surface area contributed by atoms with Gasteiger partial charge in [-0.15, -0.1) is 0 Å². The van der Waals surface area contributed by atoms with E-state index in [2.05, 4.69) is 10.3 Å². The van der Waals surface area contributed by atoms with Crippen LogP contribution in [0.3, 0.4) is 0 Å². The summed E-state index contributed by atoms with van der Waals surface area (Å²) in [5, 5.41) is 3.35. The quantitative estimate of drug-likeness (QED) is 0.356. The number of halogens is 1. The normalized spacial score (nSPS) is 12.3. The van der Waals surface area contributed by atoms with E-state index in [1.54, 1.807) is 48.5 Å². The molecule has 0 saturated carbocycles. The molecule has 2 amide bonds. The van der Waals surface area contributed by atoms with E-state index >= 15 is 0 Å². The number of hydrogen-bond donors (Lipinski definition) is 2. The summed E-state index contributed by atoms with van der Waals surface area (Å²) in [6, 6.07) is 18.7. The van der Waals surface area contributed by atoms with Crippen LogP contribution in [0.4, 0.5) is 26.2 Å². The first kappa shape index (κ1) is 27.4. The number of nitrogens with zero attached hydrogens (tertiary/aromatic N) is 2. The van der Waals surface area contributed by atoms with Crippen molar-refractivity contribution in [2.75, 3.05) is 19.0 Å². The molecule has 0 radical (unpaired) electrons. The molecule has 3 rings (SSSR count). The Kier molecular flexibility index (Phi) is 8.65. The molecule has 7 nitrogen and oxygen atoms in total. The Bertz CT molecular complexity index is 1270. The molecule has 0 heterocycles. The van der Waals surface area contributed by atoms with Crippen LogP contribution in [0.1, 0.15) is 42.3 Å². The number of benzene rings is 3. The molecule has 0 aromatic heterocycles. The SMILES string of the molecule is Cc1ccc(Nc2ccc(C(=O)N(C)C(COC(N)=O)C(C)(C)C)cc2N=Cc2ccc(F)cc2)cc1. The van der Waals surface area contributed by atoms with Gasteiger partial charge in [-0.2, -0.15) is 0 Å². The Morgan fingerprint density at radius 3 is 2.32 bits per heavy atom. The summed E-state index contributed by atoms with van der Waals surface area (Å²) in [5.41, 5.74) is 9.15. The zero-order valence-corrected chi connectivity index (χ0v) is 21.8. The van der Waals surface area contributed by atoms with Gasteiger partial charge in [-0.3, -0.25) is 9.79 Å². The fourth-order valence-electron chi connectivity index (χ4n) is 3.81. The molecule has 0 aliphatic heterocycles. The largest absolute Gasteiger partial charge is 0.447 e. The van der Waals surface area contributed by atoms with Gasteiger partial charge >= 0.3 is 6.09 Å². The summed E-state index contributed by atoms with van der Waals surface area (Å²) in [6.45, 7) is 7.86. The monoisotopic (exact) mass is 504 g/mol. The highest BCUT2D eigenvalue weighted by Crippen LogP contribution is 2.31. The predicted molar refractivity (Wildman–Crippen MR) is 145 cm³/mol. The summed E-state index contributed by atoms with van der Waals surface area (Å²) >= 11 is 0. The Hall–Kier alpha value is -4.20. The third-order valence-electron chi connectivity index (χ3n) is 5.97. The van der Waals surface area contributed by atoms with Gasteiger partial charge in [0.1, 0.15) is 12.4 Å². The molecule has 0 spiro atoms. The van der Waals surface area contributed by atoms with E-state index in [0.717, 1.165) is 11.3 Å². The molecule has 0 fully saturated rings. The molecule has 1 atom stereocenters. The Balaban J connectivity index is 1.96. The fourth-order valence-corrected chi connectivity index (χ4v) is 3.81. The lowest BCUT2D eigenvalue weighted by Crippen LogP contribution is -2.48. The van der Waals surface area contributed by atoms with Gasteiger partial charge in [-0.05, 0) is 60.4 Å². The minimum absolute atomic E-state index is 0.0241. The molecule has 37 heavy (non-hydrogen) atoms. The predicted octanol–water partition coefficient (Wildman–Crippen LogP) is 6.21. The molecule has 3 aromatic carbocycles. The lowest BCUT2D eigenvalue weighted by Gasteiger charge is -2.37. The number of likely N-dealkylation sites (N-methyl/N-ethyl adjacent to an activating group) is 1. The van der Waals surface area contributed by atoms with Crippen LogP contribution in [0.2, 0.25) is 0 Å². The van der Waals surface area contributed by atoms with E-state index < -0.39 is 12.1 Å². The first-order valence-corrected chi connectivity index (χ1v) is 11.9. The summed E-state index contributed by atoms with van der Waals surface area (Å²) in [7, 11) is 1.67. The van der Waals surface area contributed by atoms with Crippen LogP contribution >= 0.6 is 0 Å². The van der Waals surface area contributed by atoms with Crippen molar-refractivity contribution in [1.82, 2.24) is 4.90 Å². The molecule has 8 heteroatoms. The highest BCUT2D eigenvalue weighted by molar-refractivity contribution is 5.97. The van der Waals surface area contributed by atoms with Crippen molar-refractivity contribution in [2.24, 2.45) is 16.1 Å². The number of primary amides is 1. The van der Waals surface area contributed by atoms with Gasteiger partial charge in [0.15, 0.2) is 0 Å². The van der Waals surface area contributed by atoms with Crippen molar-refractivity contribution in [3.8, 4) is 0 Å². The Morgan fingerprint density at radius 2 is 1.73 bits per heavy atom. The molecule has 0 bridgehead atoms. The average Bonchev–Trinajstić information content (AvgIpc) is 2.84. The second-order valence-electron chi connectivity index (χ2n) is 9.96. The van der Waals surface area contributed by atoms with E-state index in [4.69, 9.17) is 10.5 Å². The number of aliphatic imine (C=N–C) groups is 1. The third-order valence-corrected chi connectivity index (χ3v) is 5.97. The number of anilines is 2. The molecule has 0 aliphatic carbocycles. The fraction of sp³-hybridized carbons (Fsp3) is 0.276. The lowest BCUT2D eigenvalue weighted by molar-refractivity contribution is 0.0380. The number of carbonyl (C=O) groups is 2. The second-order valence-corrected chi connectivity index (χ2v) is 9.96. The van der Waals surface area contributed by atoms with Crippen LogP contribution < -0.4 is 11.1 Å². The van der Waals surface area contributed by atoms with Gasteiger partial charge in [0.05, 0.1) is 17.4 Å². The second kappa shape index (κ2) is 11.7. The van der Waals surface area contributed by atoms with Crippen molar-refractivity contribution in [3.05, 3.63) is 89.2 Å². The van der Waals surface area contributed by atoms with E-state index in [0.29, 0.717) is 22.5 Å². The highest BCUT2D eigenvalue weighted by atomic mass is 19.1. The van der Waals surface area contributed by atoms with E-state index in [-0.39, 0.29) is 23.7 Å². The van der Waals surface area contributed by atoms with Gasteiger partial charge in [0.2, 0.25) is 0 Å². The number of amides is 2. The van der Waals surface area contributed by atoms with E-state index in [9.17, 15) is 14.0 Å². The maximum atomic E-state index is 13.5. The minimum Gasteiger partial charge on any atom is -0.447 e. The summed E-state index contributed by atoms with van der Waals surface area (Å²) in [6.07, 6.45) is 0.727. The number of nitrogens with one attached hydrogen (secondary N) is 1. The van der Waals surface area contributed by atoms with Crippen molar-refractivity contribution < 1.29 is 18.7 Å². The zero-order chi connectivity index (χ0) is 27.2. The standard InChI is InChI=1S/C29H33FN4O3/c1-19-6-13-23(14-7-19)33-24-15-10-21(16-25(24)32-17-20-8-11-22(30)12-9-20)27(35)34(5)26(29(2,3)4)18-37-28(31)36/h6-17,26,33H,18H2,1-5H3,(H2,31,36). The van der Waals surface area contributed by atoms with Gasteiger partial charge in [-0.1, -0.05) is 50.6 Å². The number of hydrogen-bond acceptors (Lipinski definition) is 5. The molecule has 0 saturated heterocycles. The summed E-state index contributed by atoms with van der Waals surface area (Å²) < 4.78 is 18.4. The lowest BCUT2D eigenvalue weighted by atomic mass is 9.86. The number of aryl methyl sites for hydroxylation is 1. The first-order chi connectivity index (χ1) is 17.4. The van der Waals surface area contributed by atoms with E-state index in [1.165, 1.54) is 12.1 Å². The van der Waals surface area contributed by atoms with Gasteiger partial charge in [0, 0.05) is 24.5 Å². The molecule has 3 N–H and O–H groups in total. The zero-order valence-electron chi connectivity index (χ0n) is 21.8. The highest BCUT2D eigenvalue weighted by Gasteiger charge is 2.33. The average molecular weight is 505 g/mol. The molecule has 1 unspecified atom stereocenters. The summed E-state index contributed by atoms with van der Waals surface area (Å²) in [4.78, 5) is 30.9. The molecular formula is C29H33FN4O3. The maximum absolute atomic E-state index is 13.5. The molecule has 0 aliphatic rings. The van der Waals surface area contributed by atoms with Crippen molar-refractivity contribution in [2.45, 2.75) is 33.7 Å². The molecular weight excluding hydrogens is 471 g/mol. The Labute approximate surface area is 217 Å². The van der Waals surface area contributed by atoms with E-state index in [1.807, 2.05) is 52.0 Å². The van der Waals surface area contributed by atoms with Crippen LogP contribution in [-0.2, 0) is 4.74 Å². The van der Waals surface area contributed by atoms with Crippen LogP contribution in [0.5, 0.6) is 0 Å². The number of nitrogens with two attached hydrogens (primary N) is 1. The van der Waals surface area contributed by atoms with Crippen molar-refractivity contribution in [3.63, 3.8) is 0 Å². The van der Waals surface area contributed by atoms with Crippen LogP contribution in [0, 0.1) is 18.2 Å². The maximum Gasteiger partial charge on any atom is 0.404 e. The minimum atomic E-state index is -0.890. The van der Waals surface area contributed by atoms with Gasteiger partial charge in [-0.25, -0.2) is 9.18 Å². The van der Waals surface area contributed by atoms with Crippen molar-refractivity contribution in [1.29, 1.82) is 0 Å². The number of ether oxygens (including phenoxy) is 1. The van der Waals surface area contributed by atoms with Gasteiger partial charge < -0.3 is 20.7 Å². The van der Waals surface area contributed by atoms with Crippen LogP contribution in [-0.4, -0.2) is 42.8 Å². The number of rotatable bonds is 8. The molecule has 194 valence electrons. The molecule has 3 aromatic rings. The van der Waals surface area contributed by atoms with Crippen LogP contribution in [0.25, 0.3) is 0 Å². The number of carbonyl (C=O) groups excluding carboxylic acids is 2.